The average Bonchev–Trinajstić information content (AvgIpc) is 3.16. The van der Waals surface area contributed by atoms with Gasteiger partial charge in [0.05, 0.1) is 40.9 Å². The van der Waals surface area contributed by atoms with Crippen LogP contribution in [0, 0.1) is 11.3 Å². The van der Waals surface area contributed by atoms with E-state index in [1.54, 1.807) is 26.0 Å². The SMILES string of the molecule is CC(C)Oc1ccc(C(F)(F)F)cc1Nc1nccc(-c2cc(C#N)c3c(c2)C(C)(CO)CN3)n1. The van der Waals surface area contributed by atoms with Crippen LogP contribution >= 0.6 is 0 Å². The van der Waals surface area contributed by atoms with Gasteiger partial charge in [0, 0.05) is 23.7 Å². The van der Waals surface area contributed by atoms with E-state index in [1.165, 1.54) is 12.3 Å². The number of anilines is 3. The molecule has 2 aromatic carbocycles. The van der Waals surface area contributed by atoms with Crippen molar-refractivity contribution in [2.24, 2.45) is 0 Å². The smallest absolute Gasteiger partial charge is 0.416 e. The Kier molecular flexibility index (Phi) is 6.30. The van der Waals surface area contributed by atoms with Crippen molar-refractivity contribution in [2.75, 3.05) is 23.8 Å². The van der Waals surface area contributed by atoms with E-state index < -0.39 is 17.2 Å². The fourth-order valence-electron chi connectivity index (χ4n) is 3.93. The molecule has 1 unspecified atom stereocenters. The van der Waals surface area contributed by atoms with Crippen molar-refractivity contribution in [1.82, 2.24) is 9.97 Å². The number of aliphatic hydroxyl groups excluding tert-OH is 1. The van der Waals surface area contributed by atoms with Crippen LogP contribution in [0.15, 0.2) is 42.6 Å². The average molecular weight is 483 g/mol. The number of fused-ring (bicyclic) bond motifs is 1. The second-order valence-electron chi connectivity index (χ2n) is 8.90. The fourth-order valence-corrected chi connectivity index (χ4v) is 3.93. The molecule has 0 amide bonds. The highest BCUT2D eigenvalue weighted by Gasteiger charge is 2.36. The monoisotopic (exact) mass is 483 g/mol. The van der Waals surface area contributed by atoms with Gasteiger partial charge in [-0.1, -0.05) is 6.92 Å². The Morgan fingerprint density at radius 1 is 1.26 bits per heavy atom. The Labute approximate surface area is 200 Å². The van der Waals surface area contributed by atoms with E-state index in [4.69, 9.17) is 4.74 Å². The number of ether oxygens (including phenoxy) is 1. The highest BCUT2D eigenvalue weighted by Crippen LogP contribution is 2.41. The van der Waals surface area contributed by atoms with Gasteiger partial charge in [-0.15, -0.1) is 0 Å². The molecule has 0 fully saturated rings. The minimum atomic E-state index is -4.53. The number of nitrogens with one attached hydrogen (secondary N) is 2. The van der Waals surface area contributed by atoms with Gasteiger partial charge in [-0.25, -0.2) is 9.97 Å². The van der Waals surface area contributed by atoms with Gasteiger partial charge in [0.25, 0.3) is 0 Å². The van der Waals surface area contributed by atoms with Crippen LogP contribution in [0.4, 0.5) is 30.5 Å². The number of halogens is 3. The second kappa shape index (κ2) is 9.07. The number of benzene rings is 2. The molecule has 7 nitrogen and oxygen atoms in total. The Morgan fingerprint density at radius 2 is 2.03 bits per heavy atom. The van der Waals surface area contributed by atoms with Crippen molar-refractivity contribution in [1.29, 1.82) is 5.26 Å². The lowest BCUT2D eigenvalue weighted by Gasteiger charge is -2.21. The third-order valence-corrected chi connectivity index (χ3v) is 5.78. The van der Waals surface area contributed by atoms with Crippen LogP contribution in [-0.4, -0.2) is 34.3 Å². The summed E-state index contributed by atoms with van der Waals surface area (Å²) in [6.07, 6.45) is -3.31. The van der Waals surface area contributed by atoms with E-state index >= 15 is 0 Å². The number of rotatable bonds is 6. The molecule has 2 heterocycles. The molecule has 3 N–H and O–H groups in total. The molecule has 0 aliphatic carbocycles. The molecule has 1 aromatic heterocycles. The largest absolute Gasteiger partial charge is 0.489 e. The van der Waals surface area contributed by atoms with E-state index in [9.17, 15) is 23.5 Å². The first-order valence-corrected chi connectivity index (χ1v) is 11.0. The zero-order valence-corrected chi connectivity index (χ0v) is 19.4. The Hall–Kier alpha value is -3.84. The van der Waals surface area contributed by atoms with Gasteiger partial charge in [0.1, 0.15) is 11.8 Å². The summed E-state index contributed by atoms with van der Waals surface area (Å²) in [5.41, 5.74) is 1.66. The summed E-state index contributed by atoms with van der Waals surface area (Å²) in [6.45, 7) is 5.82. The molecule has 182 valence electrons. The standard InChI is InChI=1S/C25H24F3N5O2/c1-14(2)35-21-5-4-17(25(26,27)28)10-20(21)33-23-30-7-6-19(32-23)15-8-16(11-29)22-18(9-15)24(3,13-34)12-31-22/h4-10,14,31,34H,12-13H2,1-3H3,(H,30,32,33). The number of hydrogen-bond acceptors (Lipinski definition) is 7. The summed E-state index contributed by atoms with van der Waals surface area (Å²) < 4.78 is 45.6. The Balaban J connectivity index is 1.74. The van der Waals surface area contributed by atoms with Gasteiger partial charge in [0.2, 0.25) is 5.95 Å². The van der Waals surface area contributed by atoms with Crippen LogP contribution in [0.3, 0.4) is 0 Å². The Morgan fingerprint density at radius 3 is 2.69 bits per heavy atom. The number of aromatic nitrogens is 2. The fraction of sp³-hybridized carbons (Fsp3) is 0.320. The minimum absolute atomic E-state index is 0.0671. The molecule has 0 spiro atoms. The van der Waals surface area contributed by atoms with Crippen molar-refractivity contribution >= 4 is 17.3 Å². The maximum Gasteiger partial charge on any atom is 0.416 e. The van der Waals surface area contributed by atoms with Crippen LogP contribution in [0.2, 0.25) is 0 Å². The lowest BCUT2D eigenvalue weighted by atomic mass is 9.83. The second-order valence-corrected chi connectivity index (χ2v) is 8.90. The molecule has 35 heavy (non-hydrogen) atoms. The van der Waals surface area contributed by atoms with Crippen molar-refractivity contribution in [3.8, 4) is 23.1 Å². The summed E-state index contributed by atoms with van der Waals surface area (Å²) in [4.78, 5) is 8.63. The number of nitriles is 1. The normalized spacial score (nSPS) is 17.0. The third-order valence-electron chi connectivity index (χ3n) is 5.78. The van der Waals surface area contributed by atoms with E-state index in [0.717, 1.165) is 17.7 Å². The predicted molar refractivity (Wildman–Crippen MR) is 126 cm³/mol. The van der Waals surface area contributed by atoms with E-state index in [-0.39, 0.29) is 30.1 Å². The molecule has 0 saturated heterocycles. The van der Waals surface area contributed by atoms with Gasteiger partial charge >= 0.3 is 6.18 Å². The topological polar surface area (TPSA) is 103 Å². The lowest BCUT2D eigenvalue weighted by molar-refractivity contribution is -0.137. The zero-order chi connectivity index (χ0) is 25.4. The zero-order valence-electron chi connectivity index (χ0n) is 19.4. The van der Waals surface area contributed by atoms with Gasteiger partial charge in [-0.05, 0) is 55.8 Å². The van der Waals surface area contributed by atoms with Crippen LogP contribution in [0.5, 0.6) is 5.75 Å². The summed E-state index contributed by atoms with van der Waals surface area (Å²) in [6, 6.07) is 10.5. The van der Waals surface area contributed by atoms with Gasteiger partial charge < -0.3 is 20.5 Å². The molecule has 0 radical (unpaired) electrons. The minimum Gasteiger partial charge on any atom is -0.489 e. The Bertz CT molecular complexity index is 1300. The molecule has 10 heteroatoms. The van der Waals surface area contributed by atoms with E-state index in [2.05, 4.69) is 26.7 Å². The van der Waals surface area contributed by atoms with E-state index in [1.807, 2.05) is 13.0 Å². The number of hydrogen-bond donors (Lipinski definition) is 3. The van der Waals surface area contributed by atoms with Crippen molar-refractivity contribution < 1.29 is 23.0 Å². The van der Waals surface area contributed by atoms with Crippen LogP contribution < -0.4 is 15.4 Å². The van der Waals surface area contributed by atoms with Crippen molar-refractivity contribution in [2.45, 2.75) is 38.5 Å². The van der Waals surface area contributed by atoms with Gasteiger partial charge in [0.15, 0.2) is 0 Å². The number of nitrogens with zero attached hydrogens (tertiary/aromatic N) is 3. The quantitative estimate of drug-likeness (QED) is 0.441. The molecular weight excluding hydrogens is 459 g/mol. The van der Waals surface area contributed by atoms with Crippen LogP contribution in [0.25, 0.3) is 11.3 Å². The van der Waals surface area contributed by atoms with Crippen LogP contribution in [-0.2, 0) is 11.6 Å². The van der Waals surface area contributed by atoms with Gasteiger partial charge in [-0.2, -0.15) is 18.4 Å². The maximum atomic E-state index is 13.3. The first kappa shape index (κ1) is 24.3. The first-order valence-electron chi connectivity index (χ1n) is 11.0. The summed E-state index contributed by atoms with van der Waals surface area (Å²) >= 11 is 0. The maximum absolute atomic E-state index is 13.3. The molecule has 4 rings (SSSR count). The third kappa shape index (κ3) is 4.86. The predicted octanol–water partition coefficient (Wildman–Crippen LogP) is 5.24. The molecule has 1 atom stereocenters. The van der Waals surface area contributed by atoms with Crippen LogP contribution in [0.1, 0.15) is 37.5 Å². The number of alkyl halides is 3. The molecule has 1 aliphatic rings. The summed E-state index contributed by atoms with van der Waals surface area (Å²) in [5, 5.41) is 25.6. The highest BCUT2D eigenvalue weighted by atomic mass is 19.4. The van der Waals surface area contributed by atoms with Crippen molar-refractivity contribution in [3.63, 3.8) is 0 Å². The molecule has 3 aromatic rings. The highest BCUT2D eigenvalue weighted by molar-refractivity contribution is 5.76. The summed E-state index contributed by atoms with van der Waals surface area (Å²) in [5.74, 6) is 0.300. The molecule has 0 saturated carbocycles. The van der Waals surface area contributed by atoms with Gasteiger partial charge in [-0.3, -0.25) is 0 Å². The number of aliphatic hydroxyl groups is 1. The molecule has 1 aliphatic heterocycles. The van der Waals surface area contributed by atoms with Crippen molar-refractivity contribution in [3.05, 3.63) is 59.3 Å². The van der Waals surface area contributed by atoms with E-state index in [0.29, 0.717) is 29.1 Å². The lowest BCUT2D eigenvalue weighted by Crippen LogP contribution is -2.28. The molecular formula is C25H24F3N5O2. The molecule has 0 bridgehead atoms. The summed E-state index contributed by atoms with van der Waals surface area (Å²) in [7, 11) is 0. The first-order chi connectivity index (χ1) is 16.5.